The topological polar surface area (TPSA) is 55.6 Å². The molecule has 0 saturated carbocycles. The van der Waals surface area contributed by atoms with Crippen LogP contribution >= 0.6 is 11.8 Å². The standard InChI is InChI=1S/C11H13F2N5S/c1-14-5-6-18-11(15-16-17-18)19-7-8-3-2-4-9(12)10(8)13/h2-4,14H,5-7H2,1H3. The molecule has 0 bridgehead atoms. The third kappa shape index (κ3) is 3.48. The lowest BCUT2D eigenvalue weighted by molar-refractivity contribution is 0.502. The maximum atomic E-state index is 13.5. The van der Waals surface area contributed by atoms with E-state index in [0.717, 1.165) is 12.6 Å². The minimum atomic E-state index is -0.840. The Hall–Kier alpha value is -1.54. The van der Waals surface area contributed by atoms with Gasteiger partial charge in [-0.15, -0.1) is 5.10 Å². The minimum Gasteiger partial charge on any atom is -0.318 e. The summed E-state index contributed by atoms with van der Waals surface area (Å²) in [5, 5.41) is 14.8. The Bertz CT molecular complexity index is 546. The molecule has 5 nitrogen and oxygen atoms in total. The highest BCUT2D eigenvalue weighted by Crippen LogP contribution is 2.22. The molecular formula is C11H13F2N5S. The molecule has 0 amide bonds. The summed E-state index contributed by atoms with van der Waals surface area (Å²) in [4.78, 5) is 0. The molecule has 8 heteroatoms. The quantitative estimate of drug-likeness (QED) is 0.814. The van der Waals surface area contributed by atoms with E-state index in [2.05, 4.69) is 20.8 Å². The maximum Gasteiger partial charge on any atom is 0.209 e. The van der Waals surface area contributed by atoms with Gasteiger partial charge < -0.3 is 5.32 Å². The molecule has 0 atom stereocenters. The maximum absolute atomic E-state index is 13.5. The molecule has 0 aliphatic rings. The molecule has 0 aliphatic heterocycles. The predicted octanol–water partition coefficient (Wildman–Crippen LogP) is 1.46. The molecule has 0 saturated heterocycles. The number of aromatic nitrogens is 4. The molecule has 2 aromatic rings. The second kappa shape index (κ2) is 6.58. The van der Waals surface area contributed by atoms with Crippen LogP contribution in [0.2, 0.25) is 0 Å². The second-order valence-corrected chi connectivity index (χ2v) is 4.73. The summed E-state index contributed by atoms with van der Waals surface area (Å²) in [5.74, 6) is -1.37. The summed E-state index contributed by atoms with van der Waals surface area (Å²) in [7, 11) is 1.83. The van der Waals surface area contributed by atoms with Gasteiger partial charge in [0, 0.05) is 17.9 Å². The Morgan fingerprint density at radius 2 is 2.21 bits per heavy atom. The van der Waals surface area contributed by atoms with Gasteiger partial charge in [-0.3, -0.25) is 0 Å². The van der Waals surface area contributed by atoms with Crippen molar-refractivity contribution in [3.8, 4) is 0 Å². The molecule has 102 valence electrons. The van der Waals surface area contributed by atoms with Crippen molar-refractivity contribution in [3.05, 3.63) is 35.4 Å². The van der Waals surface area contributed by atoms with E-state index in [9.17, 15) is 8.78 Å². The number of halogens is 2. The van der Waals surface area contributed by atoms with Gasteiger partial charge in [-0.25, -0.2) is 13.5 Å². The van der Waals surface area contributed by atoms with Crippen LogP contribution in [0.5, 0.6) is 0 Å². The van der Waals surface area contributed by atoms with Crippen molar-refractivity contribution in [1.82, 2.24) is 25.5 Å². The number of benzene rings is 1. The van der Waals surface area contributed by atoms with E-state index in [4.69, 9.17) is 0 Å². The van der Waals surface area contributed by atoms with Gasteiger partial charge in [0.05, 0.1) is 6.54 Å². The molecule has 1 heterocycles. The molecule has 1 aromatic carbocycles. The lowest BCUT2D eigenvalue weighted by Gasteiger charge is -2.05. The molecular weight excluding hydrogens is 272 g/mol. The van der Waals surface area contributed by atoms with Crippen LogP contribution < -0.4 is 5.32 Å². The smallest absolute Gasteiger partial charge is 0.209 e. The van der Waals surface area contributed by atoms with Crippen LogP contribution in [0.3, 0.4) is 0 Å². The second-order valence-electron chi connectivity index (χ2n) is 3.79. The Labute approximate surface area is 113 Å². The third-order valence-corrected chi connectivity index (χ3v) is 3.47. The molecule has 2 rings (SSSR count). The Balaban J connectivity index is 2.02. The summed E-state index contributed by atoms with van der Waals surface area (Å²) in [6.45, 7) is 1.35. The number of nitrogens with zero attached hydrogens (tertiary/aromatic N) is 4. The average Bonchev–Trinajstić information content (AvgIpc) is 2.85. The van der Waals surface area contributed by atoms with Gasteiger partial charge in [-0.05, 0) is 23.5 Å². The third-order valence-electron chi connectivity index (χ3n) is 2.46. The van der Waals surface area contributed by atoms with Crippen molar-refractivity contribution < 1.29 is 8.78 Å². The van der Waals surface area contributed by atoms with Crippen molar-refractivity contribution >= 4 is 11.8 Å². The van der Waals surface area contributed by atoms with Crippen molar-refractivity contribution in [3.63, 3.8) is 0 Å². The number of nitrogens with one attached hydrogen (secondary N) is 1. The highest BCUT2D eigenvalue weighted by molar-refractivity contribution is 7.98. The number of rotatable bonds is 6. The lowest BCUT2D eigenvalue weighted by atomic mass is 10.2. The van der Waals surface area contributed by atoms with Crippen molar-refractivity contribution in [2.75, 3.05) is 13.6 Å². The SMILES string of the molecule is CNCCn1nnnc1SCc1cccc(F)c1F. The lowest BCUT2D eigenvalue weighted by Crippen LogP contribution is -2.16. The van der Waals surface area contributed by atoms with Crippen LogP contribution in [0.25, 0.3) is 0 Å². The van der Waals surface area contributed by atoms with Gasteiger partial charge in [-0.2, -0.15) is 0 Å². The Morgan fingerprint density at radius 1 is 1.37 bits per heavy atom. The fraction of sp³-hybridized carbons (Fsp3) is 0.364. The Morgan fingerprint density at radius 3 is 3.00 bits per heavy atom. The van der Waals surface area contributed by atoms with E-state index in [-0.39, 0.29) is 5.75 Å². The number of likely N-dealkylation sites (N-methyl/N-ethyl adjacent to an activating group) is 1. The summed E-state index contributed by atoms with van der Waals surface area (Å²) < 4.78 is 28.2. The van der Waals surface area contributed by atoms with Gasteiger partial charge in [0.15, 0.2) is 11.6 Å². The summed E-state index contributed by atoms with van der Waals surface area (Å²) >= 11 is 1.27. The highest BCUT2D eigenvalue weighted by atomic mass is 32.2. The summed E-state index contributed by atoms with van der Waals surface area (Å²) in [5.41, 5.74) is 0.299. The first-order chi connectivity index (χ1) is 9.22. The molecule has 19 heavy (non-hydrogen) atoms. The number of hydrogen-bond acceptors (Lipinski definition) is 5. The number of thioether (sulfide) groups is 1. The summed E-state index contributed by atoms with van der Waals surface area (Å²) in [6.07, 6.45) is 0. The molecule has 1 N–H and O–H groups in total. The molecule has 0 aliphatic carbocycles. The number of hydrogen-bond donors (Lipinski definition) is 1. The zero-order chi connectivity index (χ0) is 13.7. The van der Waals surface area contributed by atoms with Crippen LogP contribution in [-0.4, -0.2) is 33.8 Å². The zero-order valence-electron chi connectivity index (χ0n) is 10.3. The van der Waals surface area contributed by atoms with Gasteiger partial charge in [0.2, 0.25) is 5.16 Å². The van der Waals surface area contributed by atoms with E-state index in [1.54, 1.807) is 10.7 Å². The van der Waals surface area contributed by atoms with Gasteiger partial charge in [-0.1, -0.05) is 23.9 Å². The van der Waals surface area contributed by atoms with Crippen molar-refractivity contribution in [2.24, 2.45) is 0 Å². The van der Waals surface area contributed by atoms with Crippen LogP contribution in [0.15, 0.2) is 23.4 Å². The normalized spacial score (nSPS) is 10.9. The summed E-state index contributed by atoms with van der Waals surface area (Å²) in [6, 6.07) is 4.13. The van der Waals surface area contributed by atoms with Gasteiger partial charge in [0.25, 0.3) is 0 Å². The molecule has 1 aromatic heterocycles. The van der Waals surface area contributed by atoms with Crippen molar-refractivity contribution in [1.29, 1.82) is 0 Å². The van der Waals surface area contributed by atoms with E-state index < -0.39 is 11.6 Å². The fourth-order valence-corrected chi connectivity index (χ4v) is 2.34. The van der Waals surface area contributed by atoms with E-state index >= 15 is 0 Å². The first-order valence-corrected chi connectivity index (χ1v) is 6.67. The molecule has 0 fully saturated rings. The zero-order valence-corrected chi connectivity index (χ0v) is 11.1. The monoisotopic (exact) mass is 285 g/mol. The van der Waals surface area contributed by atoms with Crippen LogP contribution in [0.1, 0.15) is 5.56 Å². The fourth-order valence-electron chi connectivity index (χ4n) is 1.46. The molecule has 0 unspecified atom stereocenters. The first-order valence-electron chi connectivity index (χ1n) is 5.69. The molecule has 0 spiro atoms. The van der Waals surface area contributed by atoms with Crippen LogP contribution in [-0.2, 0) is 12.3 Å². The highest BCUT2D eigenvalue weighted by Gasteiger charge is 2.11. The largest absolute Gasteiger partial charge is 0.318 e. The van der Waals surface area contributed by atoms with Crippen LogP contribution in [0, 0.1) is 11.6 Å². The van der Waals surface area contributed by atoms with E-state index in [1.165, 1.54) is 17.8 Å². The number of tetrazole rings is 1. The van der Waals surface area contributed by atoms with E-state index in [1.807, 2.05) is 7.05 Å². The van der Waals surface area contributed by atoms with E-state index in [0.29, 0.717) is 17.3 Å². The van der Waals surface area contributed by atoms with Crippen LogP contribution in [0.4, 0.5) is 8.78 Å². The minimum absolute atomic E-state index is 0.281. The molecule has 0 radical (unpaired) electrons. The average molecular weight is 285 g/mol. The van der Waals surface area contributed by atoms with Crippen molar-refractivity contribution in [2.45, 2.75) is 17.5 Å². The predicted molar refractivity (Wildman–Crippen MR) is 67.7 cm³/mol. The Kier molecular flexibility index (Phi) is 4.80. The van der Waals surface area contributed by atoms with Gasteiger partial charge in [0.1, 0.15) is 0 Å². The van der Waals surface area contributed by atoms with Gasteiger partial charge >= 0.3 is 0 Å². The first kappa shape index (κ1) is 13.9.